The van der Waals surface area contributed by atoms with Gasteiger partial charge in [0.2, 0.25) is 0 Å². The van der Waals surface area contributed by atoms with Crippen molar-refractivity contribution in [2.24, 2.45) is 0 Å². The highest BCUT2D eigenvalue weighted by atomic mass is 32.2. The molecular weight excluding hydrogens is 352 g/mol. The van der Waals surface area contributed by atoms with E-state index in [1.165, 1.54) is 18.7 Å². The van der Waals surface area contributed by atoms with Gasteiger partial charge in [-0.1, -0.05) is 17.7 Å². The van der Waals surface area contributed by atoms with E-state index in [1.54, 1.807) is 48.5 Å². The molecular formula is C19H18N2O4S. The van der Waals surface area contributed by atoms with Crippen LogP contribution in [0.3, 0.4) is 0 Å². The van der Waals surface area contributed by atoms with E-state index in [4.69, 9.17) is 4.42 Å². The molecule has 0 bridgehead atoms. The number of aryl methyl sites for hydroxylation is 1. The Morgan fingerprint density at radius 1 is 1.12 bits per heavy atom. The Kier molecular flexibility index (Phi) is 5.18. The van der Waals surface area contributed by atoms with Crippen molar-refractivity contribution in [2.45, 2.75) is 17.1 Å². The van der Waals surface area contributed by atoms with Crippen molar-refractivity contribution < 1.29 is 17.6 Å². The van der Waals surface area contributed by atoms with Crippen molar-refractivity contribution in [3.63, 3.8) is 0 Å². The van der Waals surface area contributed by atoms with E-state index in [2.05, 4.69) is 10.3 Å². The van der Waals surface area contributed by atoms with Gasteiger partial charge in [0.05, 0.1) is 11.2 Å². The van der Waals surface area contributed by atoms with Crippen LogP contribution in [0.4, 0.5) is 0 Å². The molecule has 0 fully saturated rings. The van der Waals surface area contributed by atoms with Gasteiger partial charge in [-0.25, -0.2) is 8.42 Å². The fourth-order valence-electron chi connectivity index (χ4n) is 2.52. The van der Waals surface area contributed by atoms with Gasteiger partial charge in [0.1, 0.15) is 11.0 Å². The number of aromatic nitrogens is 1. The lowest BCUT2D eigenvalue weighted by Crippen LogP contribution is -2.31. The van der Waals surface area contributed by atoms with Crippen LogP contribution in [0.25, 0.3) is 0 Å². The number of carbonyl (C=O) groups excluding carboxylic acids is 1. The van der Waals surface area contributed by atoms with Crippen molar-refractivity contribution in [3.05, 3.63) is 84.1 Å². The van der Waals surface area contributed by atoms with Crippen molar-refractivity contribution in [1.82, 2.24) is 10.3 Å². The first-order valence-electron chi connectivity index (χ1n) is 8.00. The Morgan fingerprint density at radius 2 is 1.81 bits per heavy atom. The minimum absolute atomic E-state index is 0.106. The number of nitrogens with one attached hydrogen (secondary N) is 1. The Morgan fingerprint density at radius 3 is 2.42 bits per heavy atom. The summed E-state index contributed by atoms with van der Waals surface area (Å²) in [7, 11) is -3.74. The molecule has 1 N–H and O–H groups in total. The van der Waals surface area contributed by atoms with E-state index < -0.39 is 15.1 Å². The maximum Gasteiger partial charge on any atom is 0.251 e. The smallest absolute Gasteiger partial charge is 0.251 e. The number of pyridine rings is 1. The molecule has 3 rings (SSSR count). The third kappa shape index (κ3) is 3.83. The summed E-state index contributed by atoms with van der Waals surface area (Å²) in [5.41, 5.74) is 1.37. The molecule has 7 heteroatoms. The van der Waals surface area contributed by atoms with Crippen molar-refractivity contribution in [3.8, 4) is 0 Å². The number of hydrogen-bond acceptors (Lipinski definition) is 5. The normalized spacial score (nSPS) is 12.5. The van der Waals surface area contributed by atoms with Crippen LogP contribution in [-0.2, 0) is 9.84 Å². The number of benzene rings is 1. The molecule has 2 heterocycles. The summed E-state index contributed by atoms with van der Waals surface area (Å²) in [6.45, 7) is 1.78. The summed E-state index contributed by atoms with van der Waals surface area (Å²) in [5, 5.41) is 1.65. The van der Waals surface area contributed by atoms with Gasteiger partial charge in [0.25, 0.3) is 5.91 Å². The van der Waals surface area contributed by atoms with Gasteiger partial charge in [-0.2, -0.15) is 0 Å². The van der Waals surface area contributed by atoms with E-state index >= 15 is 0 Å². The number of sulfone groups is 1. The van der Waals surface area contributed by atoms with Gasteiger partial charge in [-0.05, 0) is 43.3 Å². The van der Waals surface area contributed by atoms with Crippen LogP contribution in [0.1, 0.15) is 26.9 Å². The highest BCUT2D eigenvalue weighted by molar-refractivity contribution is 7.91. The largest absolute Gasteiger partial charge is 0.468 e. The number of rotatable bonds is 6. The van der Waals surface area contributed by atoms with Crippen molar-refractivity contribution in [1.29, 1.82) is 0 Å². The number of amides is 1. The van der Waals surface area contributed by atoms with Crippen molar-refractivity contribution in [2.75, 3.05) is 6.54 Å². The minimum atomic E-state index is -3.74. The molecule has 0 saturated carbocycles. The molecule has 2 aromatic heterocycles. The molecule has 1 unspecified atom stereocenters. The average molecular weight is 370 g/mol. The van der Waals surface area contributed by atoms with Crippen LogP contribution < -0.4 is 5.32 Å². The van der Waals surface area contributed by atoms with Gasteiger partial charge in [-0.15, -0.1) is 0 Å². The average Bonchev–Trinajstić information content (AvgIpc) is 3.17. The lowest BCUT2D eigenvalue weighted by molar-refractivity contribution is 0.0953. The van der Waals surface area contributed by atoms with Gasteiger partial charge in [0.15, 0.2) is 9.84 Å². The van der Waals surface area contributed by atoms with E-state index in [9.17, 15) is 13.2 Å². The van der Waals surface area contributed by atoms with Crippen LogP contribution in [0.5, 0.6) is 0 Å². The van der Waals surface area contributed by atoms with Crippen LogP contribution in [0.15, 0.2) is 76.5 Å². The molecule has 0 radical (unpaired) electrons. The first-order chi connectivity index (χ1) is 12.5. The molecule has 0 aliphatic carbocycles. The van der Waals surface area contributed by atoms with Gasteiger partial charge in [0, 0.05) is 24.5 Å². The molecule has 3 aromatic rings. The van der Waals surface area contributed by atoms with E-state index in [1.807, 2.05) is 6.92 Å². The molecule has 0 saturated heterocycles. The first kappa shape index (κ1) is 17.9. The molecule has 1 atom stereocenters. The summed E-state index contributed by atoms with van der Waals surface area (Å²) < 4.78 is 31.5. The van der Waals surface area contributed by atoms with Crippen LogP contribution in [-0.4, -0.2) is 25.9 Å². The van der Waals surface area contributed by atoms with E-state index in [0.29, 0.717) is 5.56 Å². The lowest BCUT2D eigenvalue weighted by atomic mass is 10.2. The summed E-state index contributed by atoms with van der Waals surface area (Å²) in [4.78, 5) is 16.3. The van der Waals surface area contributed by atoms with Gasteiger partial charge >= 0.3 is 0 Å². The molecule has 0 aliphatic heterocycles. The summed E-state index contributed by atoms with van der Waals surface area (Å²) in [6.07, 6.45) is 4.42. The predicted molar refractivity (Wildman–Crippen MR) is 96.4 cm³/mol. The molecule has 0 spiro atoms. The maximum atomic E-state index is 13.1. The summed E-state index contributed by atoms with van der Waals surface area (Å²) in [6, 6.07) is 12.9. The Labute approximate surface area is 151 Å². The zero-order valence-electron chi connectivity index (χ0n) is 14.1. The van der Waals surface area contributed by atoms with Crippen LogP contribution >= 0.6 is 0 Å². The molecule has 0 aliphatic rings. The Bertz CT molecular complexity index is 966. The highest BCUT2D eigenvalue weighted by Crippen LogP contribution is 2.29. The highest BCUT2D eigenvalue weighted by Gasteiger charge is 2.31. The van der Waals surface area contributed by atoms with Crippen molar-refractivity contribution >= 4 is 15.7 Å². The summed E-state index contributed by atoms with van der Waals surface area (Å²) >= 11 is 0. The Hall–Kier alpha value is -2.93. The van der Waals surface area contributed by atoms with Crippen LogP contribution in [0, 0.1) is 6.92 Å². The topological polar surface area (TPSA) is 89.3 Å². The Balaban J connectivity index is 1.86. The summed E-state index contributed by atoms with van der Waals surface area (Å²) in [5.74, 6) is -0.0938. The second-order valence-electron chi connectivity index (χ2n) is 5.81. The molecule has 6 nitrogen and oxygen atoms in total. The first-order valence-corrected chi connectivity index (χ1v) is 9.55. The molecule has 1 amide bonds. The zero-order chi connectivity index (χ0) is 18.6. The van der Waals surface area contributed by atoms with Crippen LogP contribution in [0.2, 0.25) is 0 Å². The number of hydrogen-bond donors (Lipinski definition) is 1. The second kappa shape index (κ2) is 7.53. The SMILES string of the molecule is Cc1ccc(S(=O)(=O)C(CNC(=O)c2ccncc2)c2ccco2)cc1. The fourth-order valence-corrected chi connectivity index (χ4v) is 4.11. The lowest BCUT2D eigenvalue weighted by Gasteiger charge is -2.17. The quantitative estimate of drug-likeness (QED) is 0.721. The monoisotopic (exact) mass is 370 g/mol. The molecule has 1 aromatic carbocycles. The van der Waals surface area contributed by atoms with E-state index in [0.717, 1.165) is 5.56 Å². The molecule has 26 heavy (non-hydrogen) atoms. The zero-order valence-corrected chi connectivity index (χ0v) is 14.9. The molecule has 134 valence electrons. The standard InChI is InChI=1S/C19H18N2O4S/c1-14-4-6-16(7-5-14)26(23,24)18(17-3-2-12-25-17)13-21-19(22)15-8-10-20-11-9-15/h2-12,18H,13H2,1H3,(H,21,22). The number of nitrogens with zero attached hydrogens (tertiary/aromatic N) is 1. The third-order valence-electron chi connectivity index (χ3n) is 3.98. The third-order valence-corrected chi connectivity index (χ3v) is 6.05. The van der Waals surface area contributed by atoms with Gasteiger partial charge in [-0.3, -0.25) is 9.78 Å². The fraction of sp³-hybridized carbons (Fsp3) is 0.158. The minimum Gasteiger partial charge on any atom is -0.468 e. The maximum absolute atomic E-state index is 13.1. The second-order valence-corrected chi connectivity index (χ2v) is 7.94. The van der Waals surface area contributed by atoms with E-state index in [-0.39, 0.29) is 23.1 Å². The number of furan rings is 1. The predicted octanol–water partition coefficient (Wildman–Crippen LogP) is 2.93. The van der Waals surface area contributed by atoms with Gasteiger partial charge < -0.3 is 9.73 Å². The number of carbonyl (C=O) groups is 1.